The van der Waals surface area contributed by atoms with E-state index in [0.29, 0.717) is 0 Å². The summed E-state index contributed by atoms with van der Waals surface area (Å²) in [5.74, 6) is 0. The summed E-state index contributed by atoms with van der Waals surface area (Å²) < 4.78 is 4.87. The number of hydrogen-bond acceptors (Lipinski definition) is 3. The third-order valence-electron chi connectivity index (χ3n) is 1.40. The minimum atomic E-state index is -0.782. The van der Waals surface area contributed by atoms with Crippen molar-refractivity contribution in [3.8, 4) is 0 Å². The number of rotatable bonds is 0. The Morgan fingerprint density at radius 2 is 2.11 bits per heavy atom. The van der Waals surface area contributed by atoms with E-state index in [-0.39, 0.29) is 6.10 Å². The summed E-state index contributed by atoms with van der Waals surface area (Å²) in [6.45, 7) is 1.71. The van der Waals surface area contributed by atoms with Crippen molar-refractivity contribution in [1.29, 1.82) is 0 Å². The van der Waals surface area contributed by atoms with E-state index in [4.69, 9.17) is 14.9 Å². The van der Waals surface area contributed by atoms with Gasteiger partial charge in [0.25, 0.3) is 0 Å². The minimum Gasteiger partial charge on any atom is -0.496 e. The van der Waals surface area contributed by atoms with Crippen LogP contribution >= 0.6 is 0 Å². The number of hydrogen-bond donors (Lipinski definition) is 2. The Balaban J connectivity index is 2.58. The topological polar surface area (TPSA) is 49.7 Å². The summed E-state index contributed by atoms with van der Waals surface area (Å²) in [5, 5.41) is 18.0. The van der Waals surface area contributed by atoms with Crippen LogP contribution in [0, 0.1) is 0 Å². The first-order valence-electron chi connectivity index (χ1n) is 2.90. The normalized spacial score (nSPS) is 42.3. The Labute approximate surface area is 53.6 Å². The lowest BCUT2D eigenvalue weighted by Crippen LogP contribution is -2.37. The van der Waals surface area contributed by atoms with Crippen LogP contribution in [0.3, 0.4) is 0 Å². The first-order chi connectivity index (χ1) is 4.22. The van der Waals surface area contributed by atoms with Gasteiger partial charge in [-0.25, -0.2) is 0 Å². The standard InChI is InChI=1S/C6H10O3/c1-4-6(8)5(7)2-3-9-4/h2-8H,1H3/t4?,5-,6-/m1/s1. The number of aliphatic hydroxyl groups is 2. The van der Waals surface area contributed by atoms with Crippen LogP contribution in [0.25, 0.3) is 0 Å². The molecule has 9 heavy (non-hydrogen) atoms. The molecule has 0 spiro atoms. The number of ether oxygens (including phenoxy) is 1. The summed E-state index contributed by atoms with van der Waals surface area (Å²) in [6, 6.07) is 0. The zero-order chi connectivity index (χ0) is 6.85. The van der Waals surface area contributed by atoms with Crippen molar-refractivity contribution in [2.24, 2.45) is 0 Å². The fourth-order valence-corrected chi connectivity index (χ4v) is 0.722. The molecule has 52 valence electrons. The van der Waals surface area contributed by atoms with Crippen molar-refractivity contribution < 1.29 is 14.9 Å². The first kappa shape index (κ1) is 6.58. The lowest BCUT2D eigenvalue weighted by Gasteiger charge is -2.24. The highest BCUT2D eigenvalue weighted by molar-refractivity contribution is 4.95. The molecule has 0 saturated heterocycles. The van der Waals surface area contributed by atoms with E-state index < -0.39 is 12.2 Å². The van der Waals surface area contributed by atoms with Crippen molar-refractivity contribution in [2.75, 3.05) is 0 Å². The third kappa shape index (κ3) is 1.23. The molecule has 1 aliphatic heterocycles. The van der Waals surface area contributed by atoms with Gasteiger partial charge in [-0.15, -0.1) is 0 Å². The molecule has 2 N–H and O–H groups in total. The Morgan fingerprint density at radius 3 is 2.56 bits per heavy atom. The van der Waals surface area contributed by atoms with Crippen molar-refractivity contribution in [2.45, 2.75) is 25.2 Å². The average molecular weight is 130 g/mol. The van der Waals surface area contributed by atoms with Gasteiger partial charge in [0, 0.05) is 0 Å². The first-order valence-corrected chi connectivity index (χ1v) is 2.90. The maximum absolute atomic E-state index is 9.02. The Morgan fingerprint density at radius 1 is 1.44 bits per heavy atom. The van der Waals surface area contributed by atoms with Gasteiger partial charge in [0.15, 0.2) is 0 Å². The van der Waals surface area contributed by atoms with Gasteiger partial charge in [-0.05, 0) is 13.0 Å². The predicted molar refractivity (Wildman–Crippen MR) is 31.7 cm³/mol. The van der Waals surface area contributed by atoms with Crippen LogP contribution in [0.1, 0.15) is 6.92 Å². The van der Waals surface area contributed by atoms with Crippen LogP contribution in [-0.4, -0.2) is 28.5 Å². The Kier molecular flexibility index (Phi) is 1.73. The van der Waals surface area contributed by atoms with Crippen molar-refractivity contribution in [1.82, 2.24) is 0 Å². The molecule has 0 aromatic heterocycles. The summed E-state index contributed by atoms with van der Waals surface area (Å²) in [5.41, 5.74) is 0. The molecular weight excluding hydrogens is 120 g/mol. The molecule has 1 heterocycles. The summed E-state index contributed by atoms with van der Waals surface area (Å²) in [6.07, 6.45) is 0.973. The highest BCUT2D eigenvalue weighted by Crippen LogP contribution is 2.10. The Hall–Kier alpha value is -0.540. The fraction of sp³-hybridized carbons (Fsp3) is 0.667. The second-order valence-electron chi connectivity index (χ2n) is 2.15. The van der Waals surface area contributed by atoms with Gasteiger partial charge < -0.3 is 14.9 Å². The van der Waals surface area contributed by atoms with Crippen LogP contribution in [0.5, 0.6) is 0 Å². The largest absolute Gasteiger partial charge is 0.496 e. The monoisotopic (exact) mass is 130 g/mol. The molecule has 0 bridgehead atoms. The Bertz CT molecular complexity index is 121. The quantitative estimate of drug-likeness (QED) is 0.471. The minimum absolute atomic E-state index is 0.301. The van der Waals surface area contributed by atoms with Gasteiger partial charge in [0.1, 0.15) is 18.3 Å². The second-order valence-corrected chi connectivity index (χ2v) is 2.15. The fourth-order valence-electron chi connectivity index (χ4n) is 0.722. The summed E-state index contributed by atoms with van der Waals surface area (Å²) in [4.78, 5) is 0. The average Bonchev–Trinajstić information content (AvgIpc) is 1.83. The maximum Gasteiger partial charge on any atom is 0.124 e. The molecule has 1 unspecified atom stereocenters. The zero-order valence-electron chi connectivity index (χ0n) is 5.19. The van der Waals surface area contributed by atoms with E-state index in [1.807, 2.05) is 0 Å². The van der Waals surface area contributed by atoms with Gasteiger partial charge in [-0.2, -0.15) is 0 Å². The predicted octanol–water partition coefficient (Wildman–Crippen LogP) is -0.359. The molecule has 0 saturated carbocycles. The molecular formula is C6H10O3. The van der Waals surface area contributed by atoms with Crippen LogP contribution in [0.15, 0.2) is 12.3 Å². The highest BCUT2D eigenvalue weighted by atomic mass is 16.5. The zero-order valence-corrected chi connectivity index (χ0v) is 5.19. The van der Waals surface area contributed by atoms with Crippen LogP contribution in [0.2, 0.25) is 0 Å². The lowest BCUT2D eigenvalue weighted by molar-refractivity contribution is -0.0543. The van der Waals surface area contributed by atoms with E-state index in [1.54, 1.807) is 6.92 Å². The maximum atomic E-state index is 9.02. The molecule has 0 aromatic rings. The second kappa shape index (κ2) is 2.37. The van der Waals surface area contributed by atoms with Gasteiger partial charge >= 0.3 is 0 Å². The van der Waals surface area contributed by atoms with E-state index >= 15 is 0 Å². The third-order valence-corrected chi connectivity index (χ3v) is 1.40. The van der Waals surface area contributed by atoms with E-state index in [0.717, 1.165) is 0 Å². The van der Waals surface area contributed by atoms with Crippen molar-refractivity contribution in [3.63, 3.8) is 0 Å². The molecule has 0 aromatic carbocycles. The van der Waals surface area contributed by atoms with E-state index in [1.165, 1.54) is 12.3 Å². The van der Waals surface area contributed by atoms with Crippen LogP contribution in [-0.2, 0) is 4.74 Å². The summed E-state index contributed by atoms with van der Waals surface area (Å²) >= 11 is 0. The van der Waals surface area contributed by atoms with Gasteiger partial charge in [0.2, 0.25) is 0 Å². The molecule has 0 amide bonds. The number of aliphatic hydroxyl groups excluding tert-OH is 2. The molecule has 0 fully saturated rings. The molecule has 1 aliphatic rings. The SMILES string of the molecule is CC1OC=C[C@@H](O)[C@@H]1O. The summed E-state index contributed by atoms with van der Waals surface area (Å²) in [7, 11) is 0. The molecule has 0 aliphatic carbocycles. The van der Waals surface area contributed by atoms with E-state index in [9.17, 15) is 0 Å². The van der Waals surface area contributed by atoms with Gasteiger partial charge in [-0.1, -0.05) is 0 Å². The molecule has 3 heteroatoms. The molecule has 3 atom stereocenters. The van der Waals surface area contributed by atoms with Crippen molar-refractivity contribution >= 4 is 0 Å². The van der Waals surface area contributed by atoms with Gasteiger partial charge in [-0.3, -0.25) is 0 Å². The van der Waals surface area contributed by atoms with Crippen molar-refractivity contribution in [3.05, 3.63) is 12.3 Å². The smallest absolute Gasteiger partial charge is 0.124 e. The molecule has 0 radical (unpaired) electrons. The molecule has 1 rings (SSSR count). The van der Waals surface area contributed by atoms with Gasteiger partial charge in [0.05, 0.1) is 6.26 Å². The van der Waals surface area contributed by atoms with E-state index in [2.05, 4.69) is 0 Å². The molecule has 3 nitrogen and oxygen atoms in total. The van der Waals surface area contributed by atoms with Crippen LogP contribution in [0.4, 0.5) is 0 Å². The lowest BCUT2D eigenvalue weighted by atomic mass is 10.1. The highest BCUT2D eigenvalue weighted by Gasteiger charge is 2.24. The van der Waals surface area contributed by atoms with Crippen LogP contribution < -0.4 is 0 Å².